The number of amides is 1. The summed E-state index contributed by atoms with van der Waals surface area (Å²) in [6, 6.07) is 31.8. The first-order chi connectivity index (χ1) is 18.2. The number of ether oxygens (including phenoxy) is 2. The lowest BCUT2D eigenvalue weighted by atomic mass is 10.1. The summed E-state index contributed by atoms with van der Waals surface area (Å²) in [5, 5.41) is 3.28. The summed E-state index contributed by atoms with van der Waals surface area (Å²) < 4.78 is 11.6. The minimum absolute atomic E-state index is 0.0373. The Bertz CT molecular complexity index is 1230. The van der Waals surface area contributed by atoms with Gasteiger partial charge in [-0.25, -0.2) is 0 Å². The number of pyridine rings is 1. The molecule has 1 aromatic heterocycles. The number of hydrogen-bond acceptors (Lipinski definition) is 5. The number of nitrogens with one attached hydrogen (secondary N) is 1. The Morgan fingerprint density at radius 3 is 2.27 bits per heavy atom. The molecule has 0 aliphatic rings. The van der Waals surface area contributed by atoms with Gasteiger partial charge in [0, 0.05) is 37.9 Å². The molecule has 0 aliphatic heterocycles. The van der Waals surface area contributed by atoms with Crippen LogP contribution in [0.3, 0.4) is 0 Å². The van der Waals surface area contributed by atoms with E-state index in [4.69, 9.17) is 9.47 Å². The Balaban J connectivity index is 1.41. The van der Waals surface area contributed by atoms with Gasteiger partial charge in [0.2, 0.25) is 5.91 Å². The second-order valence-corrected chi connectivity index (χ2v) is 8.74. The van der Waals surface area contributed by atoms with E-state index in [1.54, 1.807) is 13.3 Å². The van der Waals surface area contributed by atoms with E-state index in [-0.39, 0.29) is 12.5 Å². The zero-order valence-electron chi connectivity index (χ0n) is 21.2. The van der Waals surface area contributed by atoms with E-state index in [9.17, 15) is 4.79 Å². The topological polar surface area (TPSA) is 63.7 Å². The van der Waals surface area contributed by atoms with Gasteiger partial charge in [0.05, 0.1) is 13.7 Å². The molecule has 1 N–H and O–H groups in total. The molecule has 190 valence electrons. The van der Waals surface area contributed by atoms with E-state index >= 15 is 0 Å². The van der Waals surface area contributed by atoms with E-state index in [2.05, 4.69) is 10.3 Å². The molecule has 0 fully saturated rings. The highest BCUT2D eigenvalue weighted by Gasteiger charge is 2.16. The predicted molar refractivity (Wildman–Crippen MR) is 145 cm³/mol. The van der Waals surface area contributed by atoms with Crippen LogP contribution in [0.15, 0.2) is 103 Å². The standard InChI is InChI=1S/C31H33N3O3/c1-36-30-20-27(15-16-29(30)37-24-26-12-6-3-7-13-26)23-34(19-17-28-14-8-9-18-33-28)31(35)22-32-21-25-10-4-2-5-11-25/h2-16,18,20,32H,17,19,21-24H2,1H3. The van der Waals surface area contributed by atoms with Crippen molar-refractivity contribution in [2.45, 2.75) is 26.1 Å². The van der Waals surface area contributed by atoms with E-state index in [1.807, 2.05) is 102 Å². The first kappa shape index (κ1) is 25.9. The largest absolute Gasteiger partial charge is 0.493 e. The third-order valence-corrected chi connectivity index (χ3v) is 6.00. The van der Waals surface area contributed by atoms with Crippen LogP contribution >= 0.6 is 0 Å². The molecule has 0 radical (unpaired) electrons. The van der Waals surface area contributed by atoms with Crippen LogP contribution in [0, 0.1) is 0 Å². The lowest BCUT2D eigenvalue weighted by Gasteiger charge is -2.24. The summed E-state index contributed by atoms with van der Waals surface area (Å²) in [4.78, 5) is 19.5. The highest BCUT2D eigenvalue weighted by Crippen LogP contribution is 2.29. The number of nitrogens with zero attached hydrogens (tertiary/aromatic N) is 2. The van der Waals surface area contributed by atoms with Crippen LogP contribution in [0.1, 0.15) is 22.4 Å². The van der Waals surface area contributed by atoms with Gasteiger partial charge in [0.1, 0.15) is 6.61 Å². The normalized spacial score (nSPS) is 10.6. The number of carbonyl (C=O) groups is 1. The van der Waals surface area contributed by atoms with Gasteiger partial charge in [-0.05, 0) is 41.0 Å². The Hall–Kier alpha value is -4.16. The molecule has 1 amide bonds. The zero-order valence-corrected chi connectivity index (χ0v) is 21.2. The molecule has 4 aromatic rings. The number of benzene rings is 3. The van der Waals surface area contributed by atoms with Crippen molar-refractivity contribution in [3.8, 4) is 11.5 Å². The molecule has 0 saturated carbocycles. The third-order valence-electron chi connectivity index (χ3n) is 6.00. The molecule has 0 aliphatic carbocycles. The van der Waals surface area contributed by atoms with E-state index in [0.29, 0.717) is 44.2 Å². The number of rotatable bonds is 13. The van der Waals surface area contributed by atoms with Gasteiger partial charge in [-0.2, -0.15) is 0 Å². The first-order valence-corrected chi connectivity index (χ1v) is 12.5. The molecule has 1 heterocycles. The van der Waals surface area contributed by atoms with E-state index < -0.39 is 0 Å². The van der Waals surface area contributed by atoms with E-state index in [0.717, 1.165) is 22.4 Å². The van der Waals surface area contributed by atoms with Crippen LogP contribution in [0.5, 0.6) is 11.5 Å². The van der Waals surface area contributed by atoms with Crippen LogP contribution in [0.2, 0.25) is 0 Å². The zero-order chi connectivity index (χ0) is 25.7. The minimum atomic E-state index is 0.0373. The predicted octanol–water partition coefficient (Wildman–Crippen LogP) is 5.03. The summed E-state index contributed by atoms with van der Waals surface area (Å²) in [5.41, 5.74) is 4.16. The molecule has 0 atom stereocenters. The first-order valence-electron chi connectivity index (χ1n) is 12.5. The SMILES string of the molecule is COc1cc(CN(CCc2ccccn2)C(=O)CNCc2ccccc2)ccc1OCc1ccccc1. The smallest absolute Gasteiger partial charge is 0.236 e. The molecule has 6 heteroatoms. The van der Waals surface area contributed by atoms with Crippen LogP contribution < -0.4 is 14.8 Å². The molecule has 0 unspecified atom stereocenters. The van der Waals surface area contributed by atoms with Gasteiger partial charge in [0.15, 0.2) is 11.5 Å². The number of methoxy groups -OCH3 is 1. The second-order valence-electron chi connectivity index (χ2n) is 8.74. The molecule has 0 spiro atoms. The average Bonchev–Trinajstić information content (AvgIpc) is 2.96. The fourth-order valence-corrected chi connectivity index (χ4v) is 3.99. The fraction of sp³-hybridized carbons (Fsp3) is 0.226. The molecule has 37 heavy (non-hydrogen) atoms. The van der Waals surface area contributed by atoms with Crippen LogP contribution in [-0.2, 0) is 30.9 Å². The summed E-state index contributed by atoms with van der Waals surface area (Å²) >= 11 is 0. The quantitative estimate of drug-likeness (QED) is 0.282. The fourth-order valence-electron chi connectivity index (χ4n) is 3.99. The molecule has 4 rings (SSSR count). The van der Waals surface area contributed by atoms with Crippen molar-refractivity contribution < 1.29 is 14.3 Å². The number of aromatic nitrogens is 1. The van der Waals surface area contributed by atoms with Crippen LogP contribution in [0.25, 0.3) is 0 Å². The van der Waals surface area contributed by atoms with Crippen molar-refractivity contribution in [3.05, 3.63) is 126 Å². The summed E-state index contributed by atoms with van der Waals surface area (Å²) in [6.45, 7) is 2.39. The lowest BCUT2D eigenvalue weighted by Crippen LogP contribution is -2.39. The monoisotopic (exact) mass is 495 g/mol. The van der Waals surface area contributed by atoms with Crippen molar-refractivity contribution >= 4 is 5.91 Å². The number of hydrogen-bond donors (Lipinski definition) is 1. The van der Waals surface area contributed by atoms with Gasteiger partial charge < -0.3 is 19.7 Å². The second kappa shape index (κ2) is 13.8. The highest BCUT2D eigenvalue weighted by atomic mass is 16.5. The maximum atomic E-state index is 13.2. The summed E-state index contributed by atoms with van der Waals surface area (Å²) in [6.07, 6.45) is 2.46. The van der Waals surface area contributed by atoms with Crippen molar-refractivity contribution in [2.75, 3.05) is 20.2 Å². The van der Waals surface area contributed by atoms with Gasteiger partial charge >= 0.3 is 0 Å². The maximum absolute atomic E-state index is 13.2. The molecule has 0 bridgehead atoms. The Morgan fingerprint density at radius 1 is 0.838 bits per heavy atom. The Labute approximate surface area is 218 Å². The summed E-state index contributed by atoms with van der Waals surface area (Å²) in [5.74, 6) is 1.36. The van der Waals surface area contributed by atoms with Crippen molar-refractivity contribution in [2.24, 2.45) is 0 Å². The molecular weight excluding hydrogens is 462 g/mol. The highest BCUT2D eigenvalue weighted by molar-refractivity contribution is 5.78. The number of carbonyl (C=O) groups excluding carboxylic acids is 1. The molecule has 6 nitrogen and oxygen atoms in total. The lowest BCUT2D eigenvalue weighted by molar-refractivity contribution is -0.130. The van der Waals surface area contributed by atoms with Crippen LogP contribution in [-0.4, -0.2) is 36.0 Å². The van der Waals surface area contributed by atoms with E-state index in [1.165, 1.54) is 0 Å². The van der Waals surface area contributed by atoms with Gasteiger partial charge in [-0.1, -0.05) is 72.8 Å². The summed E-state index contributed by atoms with van der Waals surface area (Å²) in [7, 11) is 1.63. The Morgan fingerprint density at radius 2 is 1.57 bits per heavy atom. The van der Waals surface area contributed by atoms with Crippen molar-refractivity contribution in [1.29, 1.82) is 0 Å². The van der Waals surface area contributed by atoms with Crippen LogP contribution in [0.4, 0.5) is 0 Å². The third kappa shape index (κ3) is 8.19. The Kier molecular flexibility index (Phi) is 9.67. The molecule has 0 saturated heterocycles. The van der Waals surface area contributed by atoms with Gasteiger partial charge in [-0.15, -0.1) is 0 Å². The van der Waals surface area contributed by atoms with Gasteiger partial charge in [-0.3, -0.25) is 9.78 Å². The minimum Gasteiger partial charge on any atom is -0.493 e. The average molecular weight is 496 g/mol. The van der Waals surface area contributed by atoms with Crippen molar-refractivity contribution in [3.63, 3.8) is 0 Å². The van der Waals surface area contributed by atoms with Crippen molar-refractivity contribution in [1.82, 2.24) is 15.2 Å². The maximum Gasteiger partial charge on any atom is 0.236 e. The van der Waals surface area contributed by atoms with Gasteiger partial charge in [0.25, 0.3) is 0 Å². The molecule has 3 aromatic carbocycles. The molecular formula is C31H33N3O3.